The summed E-state index contributed by atoms with van der Waals surface area (Å²) in [6.45, 7) is 0. The van der Waals surface area contributed by atoms with Crippen LogP contribution in [0.25, 0.3) is 6.08 Å². The van der Waals surface area contributed by atoms with Crippen molar-refractivity contribution in [2.75, 3.05) is 14.2 Å². The van der Waals surface area contributed by atoms with Crippen LogP contribution in [0.15, 0.2) is 83.5 Å². The molecule has 1 heterocycles. The number of rotatable bonds is 6. The first-order valence-corrected chi connectivity index (χ1v) is 9.63. The van der Waals surface area contributed by atoms with Crippen molar-refractivity contribution in [3.05, 3.63) is 100 Å². The Bertz CT molecular complexity index is 919. The zero-order valence-corrected chi connectivity index (χ0v) is 17.3. The van der Waals surface area contributed by atoms with E-state index in [0.717, 1.165) is 21.3 Å². The molecule has 0 bridgehead atoms. The van der Waals surface area contributed by atoms with E-state index in [0.29, 0.717) is 5.75 Å². The van der Waals surface area contributed by atoms with Gasteiger partial charge in [-0.05, 0) is 42.0 Å². The average Bonchev–Trinajstić information content (AvgIpc) is 2.73. The highest BCUT2D eigenvalue weighted by molar-refractivity contribution is 9.10. The summed E-state index contributed by atoms with van der Waals surface area (Å²) < 4.78 is 6.29. The molecule has 0 saturated heterocycles. The van der Waals surface area contributed by atoms with E-state index in [1.165, 1.54) is 0 Å². The fourth-order valence-corrected chi connectivity index (χ4v) is 3.39. The van der Waals surface area contributed by atoms with Crippen LogP contribution in [0.3, 0.4) is 0 Å². The summed E-state index contributed by atoms with van der Waals surface area (Å²) in [6, 6.07) is 21.0. The molecule has 28 heavy (non-hydrogen) atoms. The summed E-state index contributed by atoms with van der Waals surface area (Å²) in [5.41, 5.74) is 2.65. The molecule has 0 N–H and O–H groups in total. The van der Waals surface area contributed by atoms with Crippen molar-refractivity contribution in [2.45, 2.75) is 6.04 Å². The molecule has 0 aliphatic heterocycles. The van der Waals surface area contributed by atoms with E-state index in [1.54, 1.807) is 37.4 Å². The predicted octanol–water partition coefficient (Wildman–Crippen LogP) is 5.11. The number of likely N-dealkylation sites (N-methyl/N-ethyl adjacent to an activating group) is 1. The third-order valence-corrected chi connectivity index (χ3v) is 4.91. The fraction of sp³-hybridized carbons (Fsp3) is 0.130. The molecule has 1 aromatic heterocycles. The topological polar surface area (TPSA) is 42.4 Å². The number of nitrogens with zero attached hydrogens (tertiary/aromatic N) is 2. The van der Waals surface area contributed by atoms with Crippen molar-refractivity contribution in [3.63, 3.8) is 0 Å². The van der Waals surface area contributed by atoms with Gasteiger partial charge >= 0.3 is 0 Å². The maximum atomic E-state index is 12.9. The molecule has 0 aliphatic carbocycles. The number of hydrogen-bond acceptors (Lipinski definition) is 3. The maximum Gasteiger partial charge on any atom is 0.247 e. The van der Waals surface area contributed by atoms with E-state index in [-0.39, 0.29) is 11.9 Å². The molecule has 3 rings (SSSR count). The van der Waals surface area contributed by atoms with Crippen LogP contribution >= 0.6 is 15.9 Å². The van der Waals surface area contributed by atoms with Crippen molar-refractivity contribution >= 4 is 27.9 Å². The molecule has 4 nitrogen and oxygen atoms in total. The Kier molecular flexibility index (Phi) is 6.61. The molecule has 1 unspecified atom stereocenters. The summed E-state index contributed by atoms with van der Waals surface area (Å²) >= 11 is 3.45. The van der Waals surface area contributed by atoms with Crippen molar-refractivity contribution < 1.29 is 9.53 Å². The lowest BCUT2D eigenvalue weighted by atomic mass is 10.0. The van der Waals surface area contributed by atoms with Crippen LogP contribution < -0.4 is 4.74 Å². The number of benzene rings is 2. The summed E-state index contributed by atoms with van der Waals surface area (Å²) in [5, 5.41) is 0. The first kappa shape index (κ1) is 19.8. The summed E-state index contributed by atoms with van der Waals surface area (Å²) in [4.78, 5) is 19.1. The third kappa shape index (κ3) is 4.67. The van der Waals surface area contributed by atoms with E-state index in [9.17, 15) is 4.79 Å². The van der Waals surface area contributed by atoms with Gasteiger partial charge in [0.05, 0.1) is 18.8 Å². The van der Waals surface area contributed by atoms with E-state index in [2.05, 4.69) is 20.9 Å². The predicted molar refractivity (Wildman–Crippen MR) is 115 cm³/mol. The van der Waals surface area contributed by atoms with Crippen LogP contribution in [0.4, 0.5) is 0 Å². The molecular weight excluding hydrogens is 416 g/mol. The Morgan fingerprint density at radius 1 is 1.11 bits per heavy atom. The Hall–Kier alpha value is -2.92. The average molecular weight is 437 g/mol. The van der Waals surface area contributed by atoms with E-state index >= 15 is 0 Å². The number of methoxy groups -OCH3 is 1. The Morgan fingerprint density at radius 2 is 1.86 bits per heavy atom. The minimum Gasteiger partial charge on any atom is -0.496 e. The van der Waals surface area contributed by atoms with Gasteiger partial charge in [-0.15, -0.1) is 0 Å². The zero-order valence-electron chi connectivity index (χ0n) is 15.7. The van der Waals surface area contributed by atoms with Gasteiger partial charge in [0.2, 0.25) is 5.91 Å². The maximum absolute atomic E-state index is 12.9. The number of hydrogen-bond donors (Lipinski definition) is 0. The molecule has 0 aliphatic rings. The van der Waals surface area contributed by atoms with Gasteiger partial charge in [-0.25, -0.2) is 0 Å². The first-order valence-electron chi connectivity index (χ1n) is 8.84. The highest BCUT2D eigenvalue weighted by atomic mass is 79.9. The molecule has 142 valence electrons. The van der Waals surface area contributed by atoms with Gasteiger partial charge in [0, 0.05) is 29.4 Å². The van der Waals surface area contributed by atoms with E-state index in [1.807, 2.05) is 66.7 Å². The first-order chi connectivity index (χ1) is 13.6. The highest BCUT2D eigenvalue weighted by Gasteiger charge is 2.23. The molecule has 5 heteroatoms. The van der Waals surface area contributed by atoms with Crippen LogP contribution in [0.1, 0.15) is 22.9 Å². The standard InChI is InChI=1S/C23H21BrN2O2/c1-26(22(27)14-11-18-16-19(24)12-13-21(18)28-2)23(17-8-4-3-5-9-17)20-10-6-7-15-25-20/h3-16,23H,1-2H3/b14-11+. The number of carbonyl (C=O) groups excluding carboxylic acids is 1. The molecule has 0 radical (unpaired) electrons. The van der Waals surface area contributed by atoms with Crippen LogP contribution in [-0.4, -0.2) is 29.9 Å². The minimum absolute atomic E-state index is 0.124. The van der Waals surface area contributed by atoms with Crippen molar-refractivity contribution in [3.8, 4) is 5.75 Å². The number of amides is 1. The van der Waals surface area contributed by atoms with Crippen molar-refractivity contribution in [1.29, 1.82) is 0 Å². The van der Waals surface area contributed by atoms with Gasteiger partial charge in [-0.2, -0.15) is 0 Å². The molecular formula is C23H21BrN2O2. The van der Waals surface area contributed by atoms with Crippen LogP contribution in [-0.2, 0) is 4.79 Å². The second kappa shape index (κ2) is 9.33. The van der Waals surface area contributed by atoms with Crippen LogP contribution in [0.2, 0.25) is 0 Å². The molecule has 0 fully saturated rings. The van der Waals surface area contributed by atoms with Gasteiger partial charge in [0.25, 0.3) is 0 Å². The SMILES string of the molecule is COc1ccc(Br)cc1/C=C/C(=O)N(C)C(c1ccccc1)c1ccccn1. The molecule has 0 saturated carbocycles. The summed E-state index contributed by atoms with van der Waals surface area (Å²) in [7, 11) is 3.40. The molecule has 2 aromatic carbocycles. The monoisotopic (exact) mass is 436 g/mol. The Labute approximate surface area is 173 Å². The largest absolute Gasteiger partial charge is 0.496 e. The summed E-state index contributed by atoms with van der Waals surface area (Å²) in [6.07, 6.45) is 5.07. The van der Waals surface area contributed by atoms with Crippen LogP contribution in [0, 0.1) is 0 Å². The Morgan fingerprint density at radius 3 is 2.54 bits per heavy atom. The lowest BCUT2D eigenvalue weighted by Gasteiger charge is -2.27. The zero-order chi connectivity index (χ0) is 19.9. The van der Waals surface area contributed by atoms with Gasteiger partial charge in [-0.3, -0.25) is 9.78 Å². The van der Waals surface area contributed by atoms with Gasteiger partial charge in [0.15, 0.2) is 0 Å². The molecule has 0 spiro atoms. The third-order valence-electron chi connectivity index (χ3n) is 4.42. The van der Waals surface area contributed by atoms with Gasteiger partial charge in [-0.1, -0.05) is 52.3 Å². The van der Waals surface area contributed by atoms with Crippen LogP contribution in [0.5, 0.6) is 5.75 Å². The Balaban J connectivity index is 1.90. The van der Waals surface area contributed by atoms with E-state index in [4.69, 9.17) is 4.74 Å². The highest BCUT2D eigenvalue weighted by Crippen LogP contribution is 2.27. The second-order valence-corrected chi connectivity index (χ2v) is 7.15. The van der Waals surface area contributed by atoms with Crippen molar-refractivity contribution in [1.82, 2.24) is 9.88 Å². The number of aromatic nitrogens is 1. The van der Waals surface area contributed by atoms with E-state index < -0.39 is 0 Å². The van der Waals surface area contributed by atoms with Gasteiger partial charge < -0.3 is 9.64 Å². The second-order valence-electron chi connectivity index (χ2n) is 6.24. The molecule has 3 aromatic rings. The minimum atomic E-state index is -0.274. The quantitative estimate of drug-likeness (QED) is 0.503. The molecule has 1 amide bonds. The van der Waals surface area contributed by atoms with Crippen molar-refractivity contribution in [2.24, 2.45) is 0 Å². The molecule has 1 atom stereocenters. The number of pyridine rings is 1. The number of carbonyl (C=O) groups is 1. The lowest BCUT2D eigenvalue weighted by molar-refractivity contribution is -0.126. The smallest absolute Gasteiger partial charge is 0.247 e. The normalized spacial score (nSPS) is 12.0. The summed E-state index contributed by atoms with van der Waals surface area (Å²) in [5.74, 6) is 0.584. The number of halogens is 1. The lowest BCUT2D eigenvalue weighted by Crippen LogP contribution is -2.31. The number of ether oxygens (including phenoxy) is 1. The fourth-order valence-electron chi connectivity index (χ4n) is 3.01. The van der Waals surface area contributed by atoms with Gasteiger partial charge in [0.1, 0.15) is 5.75 Å².